The number of anilines is 1. The van der Waals surface area contributed by atoms with E-state index >= 15 is 0 Å². The lowest BCUT2D eigenvalue weighted by molar-refractivity contribution is -0.0192. The predicted octanol–water partition coefficient (Wildman–Crippen LogP) is 1.97. The molecule has 6 heteroatoms. The van der Waals surface area contributed by atoms with Crippen molar-refractivity contribution in [1.29, 1.82) is 5.26 Å². The van der Waals surface area contributed by atoms with Gasteiger partial charge in [-0.15, -0.1) is 0 Å². The Morgan fingerprint density at radius 2 is 2.15 bits per heavy atom. The van der Waals surface area contributed by atoms with Crippen LogP contribution in [0.15, 0.2) is 12.1 Å². The van der Waals surface area contributed by atoms with Crippen LogP contribution in [0.1, 0.15) is 12.5 Å². The molecule has 1 aromatic carbocycles. The standard InChI is InChI=1S/C14H17F2N3O/c1-2-19-3-4-20-11(9-19)8-18-14-12(15)5-10(7-17)6-13(14)16/h5-6,11,18H,2-4,8-9H2,1H3. The first-order chi connectivity index (χ1) is 9.63. The molecule has 0 bridgehead atoms. The molecule has 1 aliphatic heterocycles. The quantitative estimate of drug-likeness (QED) is 0.916. The second-order valence-electron chi connectivity index (χ2n) is 4.69. The molecule has 4 nitrogen and oxygen atoms in total. The number of nitriles is 1. The van der Waals surface area contributed by atoms with Crippen LogP contribution in [0.2, 0.25) is 0 Å². The molecule has 2 rings (SSSR count). The van der Waals surface area contributed by atoms with Crippen molar-refractivity contribution in [2.24, 2.45) is 0 Å². The van der Waals surface area contributed by atoms with Crippen LogP contribution in [0.4, 0.5) is 14.5 Å². The Bertz CT molecular complexity index is 493. The van der Waals surface area contributed by atoms with E-state index in [-0.39, 0.29) is 17.4 Å². The zero-order valence-corrected chi connectivity index (χ0v) is 11.3. The highest BCUT2D eigenvalue weighted by Crippen LogP contribution is 2.20. The number of hydrogen-bond acceptors (Lipinski definition) is 4. The van der Waals surface area contributed by atoms with Gasteiger partial charge in [0.1, 0.15) is 5.69 Å². The van der Waals surface area contributed by atoms with E-state index in [0.29, 0.717) is 13.2 Å². The lowest BCUT2D eigenvalue weighted by Crippen LogP contribution is -2.45. The van der Waals surface area contributed by atoms with Gasteiger partial charge >= 0.3 is 0 Å². The maximum Gasteiger partial charge on any atom is 0.150 e. The summed E-state index contributed by atoms with van der Waals surface area (Å²) in [6.07, 6.45) is -0.0989. The van der Waals surface area contributed by atoms with Crippen molar-refractivity contribution in [2.45, 2.75) is 13.0 Å². The Labute approximate surface area is 116 Å². The molecule has 1 aliphatic rings. The highest BCUT2D eigenvalue weighted by Gasteiger charge is 2.20. The fourth-order valence-corrected chi connectivity index (χ4v) is 2.21. The van der Waals surface area contributed by atoms with E-state index in [1.807, 2.05) is 0 Å². The molecule has 1 unspecified atom stereocenters. The van der Waals surface area contributed by atoms with Crippen molar-refractivity contribution in [3.63, 3.8) is 0 Å². The van der Waals surface area contributed by atoms with Gasteiger partial charge in [-0.3, -0.25) is 4.90 Å². The summed E-state index contributed by atoms with van der Waals surface area (Å²) in [5, 5.41) is 11.4. The maximum absolute atomic E-state index is 13.7. The number of likely N-dealkylation sites (N-methyl/N-ethyl adjacent to an activating group) is 1. The van der Waals surface area contributed by atoms with E-state index in [1.54, 1.807) is 6.07 Å². The van der Waals surface area contributed by atoms with Gasteiger partial charge in [-0.05, 0) is 18.7 Å². The Morgan fingerprint density at radius 1 is 1.45 bits per heavy atom. The lowest BCUT2D eigenvalue weighted by Gasteiger charge is -2.32. The third kappa shape index (κ3) is 3.44. The molecule has 1 N–H and O–H groups in total. The van der Waals surface area contributed by atoms with Gasteiger partial charge in [-0.1, -0.05) is 6.92 Å². The molecule has 108 valence electrons. The van der Waals surface area contributed by atoms with Gasteiger partial charge in [0.2, 0.25) is 0 Å². The maximum atomic E-state index is 13.7. The highest BCUT2D eigenvalue weighted by molar-refractivity contribution is 5.50. The number of nitrogens with zero attached hydrogens (tertiary/aromatic N) is 2. The minimum Gasteiger partial charge on any atom is -0.378 e. The summed E-state index contributed by atoms with van der Waals surface area (Å²) >= 11 is 0. The van der Waals surface area contributed by atoms with Crippen LogP contribution < -0.4 is 5.32 Å². The van der Waals surface area contributed by atoms with Crippen molar-refractivity contribution in [2.75, 3.05) is 38.1 Å². The predicted molar refractivity (Wildman–Crippen MR) is 71.4 cm³/mol. The van der Waals surface area contributed by atoms with Gasteiger partial charge < -0.3 is 10.1 Å². The molecule has 0 saturated carbocycles. The van der Waals surface area contributed by atoms with Gasteiger partial charge in [-0.25, -0.2) is 8.78 Å². The molecule has 1 atom stereocenters. The third-order valence-corrected chi connectivity index (χ3v) is 3.35. The van der Waals surface area contributed by atoms with Crippen molar-refractivity contribution >= 4 is 5.69 Å². The summed E-state index contributed by atoms with van der Waals surface area (Å²) in [6, 6.07) is 3.75. The van der Waals surface area contributed by atoms with Crippen LogP contribution in [0.25, 0.3) is 0 Å². The molecule has 0 spiro atoms. The minimum atomic E-state index is -0.760. The van der Waals surface area contributed by atoms with Crippen LogP contribution in [0.5, 0.6) is 0 Å². The SMILES string of the molecule is CCN1CCOC(CNc2c(F)cc(C#N)cc2F)C1. The molecule has 0 amide bonds. The van der Waals surface area contributed by atoms with Gasteiger partial charge in [0, 0.05) is 19.6 Å². The smallest absolute Gasteiger partial charge is 0.150 e. The van der Waals surface area contributed by atoms with E-state index < -0.39 is 11.6 Å². The summed E-state index contributed by atoms with van der Waals surface area (Å²) in [7, 11) is 0. The Hall–Kier alpha value is -1.71. The summed E-state index contributed by atoms with van der Waals surface area (Å²) in [5.74, 6) is -1.52. The van der Waals surface area contributed by atoms with E-state index in [2.05, 4.69) is 17.1 Å². The number of rotatable bonds is 4. The van der Waals surface area contributed by atoms with Crippen LogP contribution in [-0.2, 0) is 4.74 Å². The number of hydrogen-bond donors (Lipinski definition) is 1. The fraction of sp³-hybridized carbons (Fsp3) is 0.500. The Balaban J connectivity index is 1.99. The summed E-state index contributed by atoms with van der Waals surface area (Å²) < 4.78 is 32.9. The van der Waals surface area contributed by atoms with Gasteiger partial charge in [-0.2, -0.15) is 5.26 Å². The first-order valence-corrected chi connectivity index (χ1v) is 6.61. The number of morpholine rings is 1. The summed E-state index contributed by atoms with van der Waals surface area (Å²) in [5.41, 5.74) is -0.238. The lowest BCUT2D eigenvalue weighted by atomic mass is 10.2. The average Bonchev–Trinajstić information content (AvgIpc) is 2.46. The molecule has 0 aromatic heterocycles. The van der Waals surface area contributed by atoms with Crippen LogP contribution in [0, 0.1) is 23.0 Å². The second kappa shape index (κ2) is 6.64. The number of nitrogens with one attached hydrogen (secondary N) is 1. The summed E-state index contributed by atoms with van der Waals surface area (Å²) in [4.78, 5) is 2.22. The van der Waals surface area contributed by atoms with E-state index in [0.717, 1.165) is 31.8 Å². The number of ether oxygens (including phenoxy) is 1. The van der Waals surface area contributed by atoms with Crippen molar-refractivity contribution in [3.8, 4) is 6.07 Å². The van der Waals surface area contributed by atoms with Gasteiger partial charge in [0.15, 0.2) is 11.6 Å². The number of benzene rings is 1. The molecule has 20 heavy (non-hydrogen) atoms. The number of halogens is 2. The summed E-state index contributed by atoms with van der Waals surface area (Å²) in [6.45, 7) is 5.57. The minimum absolute atomic E-state index is 0.0309. The molecule has 0 radical (unpaired) electrons. The van der Waals surface area contributed by atoms with E-state index in [4.69, 9.17) is 10.00 Å². The molecule has 0 aliphatic carbocycles. The van der Waals surface area contributed by atoms with Crippen molar-refractivity contribution < 1.29 is 13.5 Å². The second-order valence-corrected chi connectivity index (χ2v) is 4.69. The van der Waals surface area contributed by atoms with Crippen LogP contribution >= 0.6 is 0 Å². The highest BCUT2D eigenvalue weighted by atomic mass is 19.1. The Morgan fingerprint density at radius 3 is 2.75 bits per heavy atom. The first-order valence-electron chi connectivity index (χ1n) is 6.61. The van der Waals surface area contributed by atoms with E-state index in [1.165, 1.54) is 0 Å². The van der Waals surface area contributed by atoms with Crippen molar-refractivity contribution in [1.82, 2.24) is 4.90 Å². The van der Waals surface area contributed by atoms with E-state index in [9.17, 15) is 8.78 Å². The molecule has 1 aromatic rings. The first kappa shape index (κ1) is 14.7. The van der Waals surface area contributed by atoms with Crippen LogP contribution in [-0.4, -0.2) is 43.8 Å². The van der Waals surface area contributed by atoms with Crippen LogP contribution in [0.3, 0.4) is 0 Å². The van der Waals surface area contributed by atoms with Gasteiger partial charge in [0.25, 0.3) is 0 Å². The molecular weight excluding hydrogens is 264 g/mol. The molecule has 1 heterocycles. The third-order valence-electron chi connectivity index (χ3n) is 3.35. The largest absolute Gasteiger partial charge is 0.378 e. The fourth-order valence-electron chi connectivity index (χ4n) is 2.21. The zero-order chi connectivity index (χ0) is 14.5. The van der Waals surface area contributed by atoms with Crippen molar-refractivity contribution in [3.05, 3.63) is 29.3 Å². The molecular formula is C14H17F2N3O. The molecule has 1 saturated heterocycles. The monoisotopic (exact) mass is 281 g/mol. The topological polar surface area (TPSA) is 48.3 Å². The Kier molecular flexibility index (Phi) is 4.88. The van der Waals surface area contributed by atoms with Gasteiger partial charge in [0.05, 0.1) is 24.3 Å². The normalized spacial score (nSPS) is 19.6. The zero-order valence-electron chi connectivity index (χ0n) is 11.3. The molecule has 1 fully saturated rings. The average molecular weight is 281 g/mol.